The molecule has 0 fully saturated rings. The van der Waals surface area contributed by atoms with Crippen molar-refractivity contribution in [3.8, 4) is 5.75 Å². The smallest absolute Gasteiger partial charge is 0.338 e. The Balaban J connectivity index is 1.98. The first-order valence-electron chi connectivity index (χ1n) is 7.27. The van der Waals surface area contributed by atoms with Crippen molar-refractivity contribution in [2.45, 2.75) is 6.92 Å². The summed E-state index contributed by atoms with van der Waals surface area (Å²) in [7, 11) is 1.47. The highest BCUT2D eigenvalue weighted by molar-refractivity contribution is 5.96. The van der Waals surface area contributed by atoms with E-state index in [1.807, 2.05) is 13.0 Å². The molecule has 8 heteroatoms. The van der Waals surface area contributed by atoms with Gasteiger partial charge in [0.15, 0.2) is 6.61 Å². The molecule has 2 rings (SSSR count). The fourth-order valence-corrected chi connectivity index (χ4v) is 2.07. The van der Waals surface area contributed by atoms with E-state index >= 15 is 0 Å². The number of rotatable bonds is 6. The summed E-state index contributed by atoms with van der Waals surface area (Å²) in [4.78, 5) is 33.9. The molecule has 0 bridgehead atoms. The van der Waals surface area contributed by atoms with Gasteiger partial charge in [-0.3, -0.25) is 14.9 Å². The molecule has 0 heterocycles. The van der Waals surface area contributed by atoms with E-state index < -0.39 is 23.4 Å². The number of ether oxygens (including phenoxy) is 2. The fraction of sp³-hybridized carbons (Fsp3) is 0.176. The number of hydrogen-bond donors (Lipinski definition) is 1. The predicted octanol–water partition coefficient (Wildman–Crippen LogP) is 2.71. The molecule has 0 saturated carbocycles. The SMILES string of the molecule is COc1ccc(C)cc1NC(=O)COC(=O)c1cccc([N+](=O)[O-])c1. The normalized spacial score (nSPS) is 10.0. The Kier molecular flexibility index (Phi) is 5.67. The van der Waals surface area contributed by atoms with E-state index in [2.05, 4.69) is 5.32 Å². The van der Waals surface area contributed by atoms with Crippen LogP contribution in [0.3, 0.4) is 0 Å². The van der Waals surface area contributed by atoms with Crippen LogP contribution < -0.4 is 10.1 Å². The molecule has 2 aromatic carbocycles. The van der Waals surface area contributed by atoms with Gasteiger partial charge in [-0.2, -0.15) is 0 Å². The Bertz CT molecular complexity index is 819. The highest BCUT2D eigenvalue weighted by Crippen LogP contribution is 2.25. The van der Waals surface area contributed by atoms with Crippen LogP contribution in [-0.4, -0.2) is 30.5 Å². The summed E-state index contributed by atoms with van der Waals surface area (Å²) in [6, 6.07) is 10.3. The van der Waals surface area contributed by atoms with Gasteiger partial charge in [0.25, 0.3) is 11.6 Å². The van der Waals surface area contributed by atoms with E-state index in [-0.39, 0.29) is 11.3 Å². The van der Waals surface area contributed by atoms with Crippen molar-refractivity contribution in [3.63, 3.8) is 0 Å². The van der Waals surface area contributed by atoms with Gasteiger partial charge in [-0.15, -0.1) is 0 Å². The van der Waals surface area contributed by atoms with Crippen molar-refractivity contribution < 1.29 is 24.0 Å². The Morgan fingerprint density at radius 1 is 1.20 bits per heavy atom. The molecule has 25 heavy (non-hydrogen) atoms. The number of nitrogens with zero attached hydrogens (tertiary/aromatic N) is 1. The first-order valence-corrected chi connectivity index (χ1v) is 7.27. The van der Waals surface area contributed by atoms with Gasteiger partial charge in [0.1, 0.15) is 5.75 Å². The Morgan fingerprint density at radius 2 is 1.96 bits per heavy atom. The molecule has 0 aromatic heterocycles. The molecule has 8 nitrogen and oxygen atoms in total. The molecule has 0 unspecified atom stereocenters. The van der Waals surface area contributed by atoms with Gasteiger partial charge in [0.2, 0.25) is 0 Å². The predicted molar refractivity (Wildman–Crippen MR) is 89.7 cm³/mol. The van der Waals surface area contributed by atoms with E-state index in [1.165, 1.54) is 25.3 Å². The number of nitrogens with one attached hydrogen (secondary N) is 1. The van der Waals surface area contributed by atoms with Crippen molar-refractivity contribution in [1.82, 2.24) is 0 Å². The van der Waals surface area contributed by atoms with E-state index in [9.17, 15) is 19.7 Å². The number of carbonyl (C=O) groups is 2. The second kappa shape index (κ2) is 7.91. The van der Waals surface area contributed by atoms with Crippen molar-refractivity contribution in [2.75, 3.05) is 19.0 Å². The summed E-state index contributed by atoms with van der Waals surface area (Å²) >= 11 is 0. The van der Waals surface area contributed by atoms with Crippen LogP contribution in [0.5, 0.6) is 5.75 Å². The first kappa shape index (κ1) is 17.9. The summed E-state index contributed by atoms with van der Waals surface area (Å²) in [6.07, 6.45) is 0. The number of non-ortho nitro benzene ring substituents is 1. The van der Waals surface area contributed by atoms with Gasteiger partial charge in [-0.25, -0.2) is 4.79 Å². The molecular weight excluding hydrogens is 328 g/mol. The highest BCUT2D eigenvalue weighted by Gasteiger charge is 2.15. The standard InChI is InChI=1S/C17H16N2O6/c1-11-6-7-15(24-2)14(8-11)18-16(20)10-25-17(21)12-4-3-5-13(9-12)19(22)23/h3-9H,10H2,1-2H3,(H,18,20). The highest BCUT2D eigenvalue weighted by atomic mass is 16.6. The van der Waals surface area contributed by atoms with Crippen molar-refractivity contribution in [2.24, 2.45) is 0 Å². The largest absolute Gasteiger partial charge is 0.495 e. The van der Waals surface area contributed by atoms with Crippen LogP contribution >= 0.6 is 0 Å². The third-order valence-corrected chi connectivity index (χ3v) is 3.26. The molecule has 0 saturated heterocycles. The zero-order valence-electron chi connectivity index (χ0n) is 13.6. The summed E-state index contributed by atoms with van der Waals surface area (Å²) in [5, 5.41) is 13.3. The number of aryl methyl sites for hydroxylation is 1. The average Bonchev–Trinajstić information content (AvgIpc) is 2.60. The molecule has 0 aliphatic carbocycles. The van der Waals surface area contributed by atoms with E-state index in [4.69, 9.17) is 9.47 Å². The second-order valence-corrected chi connectivity index (χ2v) is 5.14. The number of benzene rings is 2. The maximum atomic E-state index is 12.0. The van der Waals surface area contributed by atoms with E-state index in [0.29, 0.717) is 11.4 Å². The minimum atomic E-state index is -0.824. The molecule has 0 spiro atoms. The molecular formula is C17H16N2O6. The van der Waals surface area contributed by atoms with Crippen molar-refractivity contribution in [1.29, 1.82) is 0 Å². The summed E-state index contributed by atoms with van der Waals surface area (Å²) in [5.41, 5.74) is 1.14. The first-order chi connectivity index (χ1) is 11.9. The minimum absolute atomic E-state index is 0.00450. The van der Waals surface area contributed by atoms with Gasteiger partial charge in [0.05, 0.1) is 23.3 Å². The molecule has 0 radical (unpaired) electrons. The van der Waals surface area contributed by atoms with Crippen LogP contribution in [0.4, 0.5) is 11.4 Å². The average molecular weight is 344 g/mol. The maximum absolute atomic E-state index is 12.0. The lowest BCUT2D eigenvalue weighted by molar-refractivity contribution is -0.384. The number of carbonyl (C=O) groups excluding carboxylic acids is 2. The van der Waals surface area contributed by atoms with E-state index in [1.54, 1.807) is 12.1 Å². The third-order valence-electron chi connectivity index (χ3n) is 3.26. The molecule has 1 N–H and O–H groups in total. The minimum Gasteiger partial charge on any atom is -0.495 e. The van der Waals surface area contributed by atoms with Gasteiger partial charge >= 0.3 is 5.97 Å². The van der Waals surface area contributed by atoms with Gasteiger partial charge < -0.3 is 14.8 Å². The lowest BCUT2D eigenvalue weighted by atomic mass is 10.2. The fourth-order valence-electron chi connectivity index (χ4n) is 2.07. The van der Waals surface area contributed by atoms with Crippen LogP contribution in [0.15, 0.2) is 42.5 Å². The lowest BCUT2D eigenvalue weighted by Gasteiger charge is -2.11. The van der Waals surface area contributed by atoms with Crippen LogP contribution in [0.1, 0.15) is 15.9 Å². The van der Waals surface area contributed by atoms with Crippen LogP contribution in [0, 0.1) is 17.0 Å². The van der Waals surface area contributed by atoms with Crippen molar-refractivity contribution >= 4 is 23.3 Å². The van der Waals surface area contributed by atoms with Gasteiger partial charge in [-0.05, 0) is 30.7 Å². The topological polar surface area (TPSA) is 108 Å². The molecule has 0 aliphatic heterocycles. The zero-order valence-corrected chi connectivity index (χ0v) is 13.6. The molecule has 0 aliphatic rings. The summed E-state index contributed by atoms with van der Waals surface area (Å²) in [5.74, 6) is -0.901. The van der Waals surface area contributed by atoms with Gasteiger partial charge in [-0.1, -0.05) is 12.1 Å². The molecule has 130 valence electrons. The second-order valence-electron chi connectivity index (χ2n) is 5.14. The third kappa shape index (κ3) is 4.77. The Labute approximate surface area is 143 Å². The monoisotopic (exact) mass is 344 g/mol. The maximum Gasteiger partial charge on any atom is 0.338 e. The van der Waals surface area contributed by atoms with Crippen LogP contribution in [0.25, 0.3) is 0 Å². The number of nitro groups is 1. The number of amides is 1. The molecule has 1 amide bonds. The summed E-state index contributed by atoms with van der Waals surface area (Å²) in [6.45, 7) is 1.33. The number of nitro benzene ring substituents is 1. The Hall–Kier alpha value is -3.42. The number of methoxy groups -OCH3 is 1. The van der Waals surface area contributed by atoms with E-state index in [0.717, 1.165) is 11.6 Å². The van der Waals surface area contributed by atoms with Gasteiger partial charge in [0, 0.05) is 12.1 Å². The Morgan fingerprint density at radius 3 is 2.64 bits per heavy atom. The number of hydrogen-bond acceptors (Lipinski definition) is 6. The van der Waals surface area contributed by atoms with Crippen LogP contribution in [0.2, 0.25) is 0 Å². The summed E-state index contributed by atoms with van der Waals surface area (Å²) < 4.78 is 10.0. The molecule has 2 aromatic rings. The quantitative estimate of drug-likeness (QED) is 0.490. The number of esters is 1. The van der Waals surface area contributed by atoms with Crippen molar-refractivity contribution in [3.05, 3.63) is 63.7 Å². The molecule has 0 atom stereocenters. The zero-order chi connectivity index (χ0) is 18.4. The number of anilines is 1. The lowest BCUT2D eigenvalue weighted by Crippen LogP contribution is -2.21. The van der Waals surface area contributed by atoms with Crippen LogP contribution in [-0.2, 0) is 9.53 Å².